The van der Waals surface area contributed by atoms with Crippen molar-refractivity contribution in [2.75, 3.05) is 14.2 Å². The lowest BCUT2D eigenvalue weighted by atomic mass is 10.1. The molecule has 0 amide bonds. The molecule has 0 fully saturated rings. The van der Waals surface area contributed by atoms with Crippen molar-refractivity contribution in [1.29, 1.82) is 0 Å². The molecule has 0 spiro atoms. The summed E-state index contributed by atoms with van der Waals surface area (Å²) in [5.41, 5.74) is 3.23. The van der Waals surface area contributed by atoms with E-state index in [2.05, 4.69) is 9.97 Å². The number of benzene rings is 2. The Balaban J connectivity index is 2.24. The zero-order valence-corrected chi connectivity index (χ0v) is 11.3. The summed E-state index contributed by atoms with van der Waals surface area (Å²) in [6, 6.07) is 13.6. The van der Waals surface area contributed by atoms with Gasteiger partial charge in [0, 0.05) is 5.56 Å². The smallest absolute Gasteiger partial charge is 0.147 e. The minimum atomic E-state index is 0.686. The summed E-state index contributed by atoms with van der Waals surface area (Å²) >= 11 is 0. The Morgan fingerprint density at radius 3 is 2.10 bits per heavy atom. The van der Waals surface area contributed by atoms with Crippen molar-refractivity contribution in [2.45, 2.75) is 0 Å². The molecule has 2 aromatic carbocycles. The van der Waals surface area contributed by atoms with Crippen LogP contribution in [0.2, 0.25) is 0 Å². The molecule has 4 heteroatoms. The second kappa shape index (κ2) is 5.17. The quantitative estimate of drug-likeness (QED) is 0.729. The molecule has 1 aromatic heterocycles. The van der Waals surface area contributed by atoms with Crippen LogP contribution in [-0.4, -0.2) is 24.2 Å². The molecule has 0 aliphatic rings. The SMILES string of the molecule is COc1ccc(OC)c2nc(-c3ccccc3)cnc12. The Morgan fingerprint density at radius 2 is 1.45 bits per heavy atom. The van der Waals surface area contributed by atoms with E-state index < -0.39 is 0 Å². The fraction of sp³-hybridized carbons (Fsp3) is 0.125. The Kier molecular flexibility index (Phi) is 3.21. The molecule has 3 aromatic rings. The number of hydrogen-bond donors (Lipinski definition) is 0. The Labute approximate surface area is 117 Å². The lowest BCUT2D eigenvalue weighted by Crippen LogP contribution is -1.95. The topological polar surface area (TPSA) is 44.2 Å². The van der Waals surface area contributed by atoms with Crippen molar-refractivity contribution in [1.82, 2.24) is 9.97 Å². The number of nitrogens with zero attached hydrogens (tertiary/aromatic N) is 2. The third-order valence-corrected chi connectivity index (χ3v) is 3.13. The van der Waals surface area contributed by atoms with Crippen LogP contribution in [0, 0.1) is 0 Å². The van der Waals surface area contributed by atoms with Gasteiger partial charge in [0.1, 0.15) is 22.5 Å². The van der Waals surface area contributed by atoms with Crippen LogP contribution in [-0.2, 0) is 0 Å². The van der Waals surface area contributed by atoms with E-state index in [1.54, 1.807) is 20.4 Å². The first-order chi connectivity index (χ1) is 9.83. The van der Waals surface area contributed by atoms with Crippen LogP contribution in [0.3, 0.4) is 0 Å². The Bertz CT molecular complexity index is 742. The summed E-state index contributed by atoms with van der Waals surface area (Å²) in [4.78, 5) is 9.13. The van der Waals surface area contributed by atoms with Crippen molar-refractivity contribution in [3.05, 3.63) is 48.7 Å². The van der Waals surface area contributed by atoms with E-state index in [0.717, 1.165) is 11.3 Å². The normalized spacial score (nSPS) is 10.5. The third-order valence-electron chi connectivity index (χ3n) is 3.13. The molecular formula is C16H14N2O2. The van der Waals surface area contributed by atoms with Crippen LogP contribution in [0.4, 0.5) is 0 Å². The molecule has 0 saturated carbocycles. The minimum absolute atomic E-state index is 0.686. The summed E-state index contributed by atoms with van der Waals surface area (Å²) < 4.78 is 10.7. The second-order valence-electron chi connectivity index (χ2n) is 4.29. The number of aromatic nitrogens is 2. The number of ether oxygens (including phenoxy) is 2. The van der Waals surface area contributed by atoms with Gasteiger partial charge in [0.15, 0.2) is 0 Å². The van der Waals surface area contributed by atoms with Crippen molar-refractivity contribution in [2.24, 2.45) is 0 Å². The Hall–Kier alpha value is -2.62. The van der Waals surface area contributed by atoms with Crippen LogP contribution in [0.5, 0.6) is 11.5 Å². The molecule has 1 heterocycles. The van der Waals surface area contributed by atoms with Gasteiger partial charge in [0.2, 0.25) is 0 Å². The first-order valence-electron chi connectivity index (χ1n) is 6.26. The summed E-state index contributed by atoms with van der Waals surface area (Å²) in [6.07, 6.45) is 1.75. The molecular weight excluding hydrogens is 252 g/mol. The molecule has 4 nitrogen and oxygen atoms in total. The monoisotopic (exact) mass is 266 g/mol. The number of fused-ring (bicyclic) bond motifs is 1. The van der Waals surface area contributed by atoms with Crippen LogP contribution < -0.4 is 9.47 Å². The standard InChI is InChI=1S/C16H14N2O2/c1-19-13-8-9-14(20-2)16-15(13)17-10-12(18-16)11-6-4-3-5-7-11/h3-10H,1-2H3. The van der Waals surface area contributed by atoms with Crippen LogP contribution in [0.1, 0.15) is 0 Å². The van der Waals surface area contributed by atoms with E-state index in [-0.39, 0.29) is 0 Å². The molecule has 100 valence electrons. The Morgan fingerprint density at radius 1 is 0.800 bits per heavy atom. The zero-order chi connectivity index (χ0) is 13.9. The summed E-state index contributed by atoms with van der Waals surface area (Å²) in [6.45, 7) is 0. The summed E-state index contributed by atoms with van der Waals surface area (Å²) in [5.74, 6) is 1.37. The largest absolute Gasteiger partial charge is 0.494 e. The fourth-order valence-corrected chi connectivity index (χ4v) is 2.13. The molecule has 0 radical (unpaired) electrons. The highest BCUT2D eigenvalue weighted by molar-refractivity contribution is 5.88. The predicted octanol–water partition coefficient (Wildman–Crippen LogP) is 3.31. The van der Waals surface area contributed by atoms with Crippen molar-refractivity contribution in [3.63, 3.8) is 0 Å². The van der Waals surface area contributed by atoms with E-state index in [9.17, 15) is 0 Å². The van der Waals surface area contributed by atoms with E-state index in [4.69, 9.17) is 9.47 Å². The van der Waals surface area contributed by atoms with Gasteiger partial charge in [-0.15, -0.1) is 0 Å². The van der Waals surface area contributed by atoms with Gasteiger partial charge in [0.25, 0.3) is 0 Å². The number of methoxy groups -OCH3 is 2. The predicted molar refractivity (Wildman–Crippen MR) is 78.1 cm³/mol. The molecule has 3 rings (SSSR count). The lowest BCUT2D eigenvalue weighted by Gasteiger charge is -2.09. The maximum absolute atomic E-state index is 5.36. The van der Waals surface area contributed by atoms with Crippen molar-refractivity contribution in [3.8, 4) is 22.8 Å². The van der Waals surface area contributed by atoms with Gasteiger partial charge in [-0.25, -0.2) is 9.97 Å². The van der Waals surface area contributed by atoms with Gasteiger partial charge in [-0.3, -0.25) is 0 Å². The molecule has 0 aliphatic carbocycles. The maximum Gasteiger partial charge on any atom is 0.147 e. The van der Waals surface area contributed by atoms with Gasteiger partial charge in [0.05, 0.1) is 26.1 Å². The lowest BCUT2D eigenvalue weighted by molar-refractivity contribution is 0.409. The minimum Gasteiger partial charge on any atom is -0.494 e. The number of rotatable bonds is 3. The first kappa shape index (κ1) is 12.4. The maximum atomic E-state index is 5.36. The molecule has 0 bridgehead atoms. The van der Waals surface area contributed by atoms with Gasteiger partial charge in [-0.1, -0.05) is 30.3 Å². The molecule has 0 saturated heterocycles. The van der Waals surface area contributed by atoms with E-state index >= 15 is 0 Å². The second-order valence-corrected chi connectivity index (χ2v) is 4.29. The van der Waals surface area contributed by atoms with E-state index in [0.29, 0.717) is 22.5 Å². The summed E-state index contributed by atoms with van der Waals surface area (Å²) in [7, 11) is 3.24. The van der Waals surface area contributed by atoms with Crippen LogP contribution >= 0.6 is 0 Å². The average Bonchev–Trinajstić information content (AvgIpc) is 2.54. The molecule has 0 aliphatic heterocycles. The van der Waals surface area contributed by atoms with Crippen LogP contribution in [0.15, 0.2) is 48.7 Å². The van der Waals surface area contributed by atoms with E-state index in [1.165, 1.54) is 0 Å². The van der Waals surface area contributed by atoms with E-state index in [1.807, 2.05) is 42.5 Å². The van der Waals surface area contributed by atoms with Crippen molar-refractivity contribution < 1.29 is 9.47 Å². The van der Waals surface area contributed by atoms with Gasteiger partial charge in [-0.05, 0) is 12.1 Å². The molecule has 20 heavy (non-hydrogen) atoms. The number of hydrogen-bond acceptors (Lipinski definition) is 4. The van der Waals surface area contributed by atoms with Crippen LogP contribution in [0.25, 0.3) is 22.3 Å². The highest BCUT2D eigenvalue weighted by atomic mass is 16.5. The van der Waals surface area contributed by atoms with Gasteiger partial charge < -0.3 is 9.47 Å². The first-order valence-corrected chi connectivity index (χ1v) is 6.26. The highest BCUT2D eigenvalue weighted by Crippen LogP contribution is 2.31. The fourth-order valence-electron chi connectivity index (χ4n) is 2.13. The zero-order valence-electron chi connectivity index (χ0n) is 11.3. The van der Waals surface area contributed by atoms with Crippen molar-refractivity contribution >= 4 is 11.0 Å². The highest BCUT2D eigenvalue weighted by Gasteiger charge is 2.11. The average molecular weight is 266 g/mol. The van der Waals surface area contributed by atoms with Gasteiger partial charge in [-0.2, -0.15) is 0 Å². The molecule has 0 atom stereocenters. The molecule has 0 N–H and O–H groups in total. The van der Waals surface area contributed by atoms with Gasteiger partial charge >= 0.3 is 0 Å². The third kappa shape index (κ3) is 2.05. The summed E-state index contributed by atoms with van der Waals surface area (Å²) in [5, 5.41) is 0. The molecule has 0 unspecified atom stereocenters.